The number of carboxylic acids is 1. The molecule has 30 heavy (non-hydrogen) atoms. The van der Waals surface area contributed by atoms with E-state index >= 15 is 0 Å². The average Bonchev–Trinajstić information content (AvgIpc) is 2.74. The summed E-state index contributed by atoms with van der Waals surface area (Å²) in [6.07, 6.45) is 5.16. The van der Waals surface area contributed by atoms with Crippen LogP contribution in [0.15, 0.2) is 54.6 Å². The SMILES string of the molecule is CCCCOc1ccc(/C=C/C(=O)N[C@H](Cc2ccccc2)C(=O)O)cc1OCC. The van der Waals surface area contributed by atoms with Crippen molar-refractivity contribution in [2.45, 2.75) is 39.2 Å². The first-order chi connectivity index (χ1) is 14.5. The summed E-state index contributed by atoms with van der Waals surface area (Å²) in [6.45, 7) is 5.11. The van der Waals surface area contributed by atoms with E-state index in [0.717, 1.165) is 24.0 Å². The van der Waals surface area contributed by atoms with Gasteiger partial charge in [-0.1, -0.05) is 49.7 Å². The molecule has 160 valence electrons. The van der Waals surface area contributed by atoms with E-state index in [-0.39, 0.29) is 6.42 Å². The van der Waals surface area contributed by atoms with E-state index in [1.165, 1.54) is 6.08 Å². The molecule has 0 heterocycles. The Balaban J connectivity index is 2.03. The summed E-state index contributed by atoms with van der Waals surface area (Å²) in [4.78, 5) is 23.8. The Morgan fingerprint density at radius 1 is 1.07 bits per heavy atom. The van der Waals surface area contributed by atoms with Crippen LogP contribution < -0.4 is 14.8 Å². The molecule has 2 aromatic carbocycles. The molecule has 0 aromatic heterocycles. The highest BCUT2D eigenvalue weighted by Crippen LogP contribution is 2.29. The number of hydrogen-bond donors (Lipinski definition) is 2. The van der Waals surface area contributed by atoms with Crippen LogP contribution in [0.4, 0.5) is 0 Å². The fraction of sp³-hybridized carbons (Fsp3) is 0.333. The first kappa shape index (κ1) is 23.0. The number of unbranched alkanes of at least 4 members (excludes halogenated alkanes) is 1. The molecule has 2 aromatic rings. The molecule has 2 N–H and O–H groups in total. The van der Waals surface area contributed by atoms with Crippen molar-refractivity contribution in [1.82, 2.24) is 5.32 Å². The van der Waals surface area contributed by atoms with Crippen molar-refractivity contribution in [3.63, 3.8) is 0 Å². The van der Waals surface area contributed by atoms with Gasteiger partial charge in [-0.3, -0.25) is 4.79 Å². The number of carbonyl (C=O) groups excluding carboxylic acids is 1. The molecule has 0 bridgehead atoms. The molecule has 0 unspecified atom stereocenters. The van der Waals surface area contributed by atoms with E-state index in [1.807, 2.05) is 49.4 Å². The quantitative estimate of drug-likeness (QED) is 0.406. The van der Waals surface area contributed by atoms with Crippen LogP contribution in [-0.2, 0) is 16.0 Å². The number of nitrogens with one attached hydrogen (secondary N) is 1. The van der Waals surface area contributed by atoms with Crippen molar-refractivity contribution >= 4 is 18.0 Å². The van der Waals surface area contributed by atoms with E-state index < -0.39 is 17.9 Å². The molecule has 0 saturated carbocycles. The fourth-order valence-electron chi connectivity index (χ4n) is 2.78. The van der Waals surface area contributed by atoms with Crippen molar-refractivity contribution in [2.75, 3.05) is 13.2 Å². The molecular formula is C24H29NO5. The molecular weight excluding hydrogens is 382 g/mol. The smallest absolute Gasteiger partial charge is 0.326 e. The van der Waals surface area contributed by atoms with Crippen molar-refractivity contribution in [3.05, 3.63) is 65.7 Å². The second-order valence-electron chi connectivity index (χ2n) is 6.76. The molecule has 0 fully saturated rings. The number of benzene rings is 2. The van der Waals surface area contributed by atoms with E-state index in [1.54, 1.807) is 12.1 Å². The molecule has 0 aliphatic rings. The summed E-state index contributed by atoms with van der Waals surface area (Å²) in [7, 11) is 0. The Labute approximate surface area is 177 Å². The third kappa shape index (κ3) is 7.62. The van der Waals surface area contributed by atoms with Crippen LogP contribution >= 0.6 is 0 Å². The van der Waals surface area contributed by atoms with Gasteiger partial charge in [0.2, 0.25) is 5.91 Å². The number of aliphatic carboxylic acids is 1. The van der Waals surface area contributed by atoms with Crippen molar-refractivity contribution in [1.29, 1.82) is 0 Å². The number of carboxylic acid groups (broad SMARTS) is 1. The monoisotopic (exact) mass is 411 g/mol. The topological polar surface area (TPSA) is 84.9 Å². The van der Waals surface area contributed by atoms with Gasteiger partial charge in [0.1, 0.15) is 6.04 Å². The van der Waals surface area contributed by atoms with Crippen molar-refractivity contribution in [2.24, 2.45) is 0 Å². The highest BCUT2D eigenvalue weighted by molar-refractivity contribution is 5.94. The number of ether oxygens (including phenoxy) is 2. The minimum absolute atomic E-state index is 0.216. The lowest BCUT2D eigenvalue weighted by molar-refractivity contribution is -0.141. The van der Waals surface area contributed by atoms with Gasteiger partial charge in [-0.15, -0.1) is 0 Å². The van der Waals surface area contributed by atoms with E-state index in [0.29, 0.717) is 24.7 Å². The first-order valence-electron chi connectivity index (χ1n) is 10.2. The summed E-state index contributed by atoms with van der Waals surface area (Å²) in [5, 5.41) is 12.0. The maximum absolute atomic E-state index is 12.3. The predicted octanol–water partition coefficient (Wildman–Crippen LogP) is 4.09. The zero-order chi connectivity index (χ0) is 21.8. The highest BCUT2D eigenvalue weighted by Gasteiger charge is 2.19. The van der Waals surface area contributed by atoms with Crippen molar-refractivity contribution < 1.29 is 24.2 Å². The Morgan fingerprint density at radius 2 is 1.83 bits per heavy atom. The standard InChI is InChI=1S/C24H29NO5/c1-3-5-15-30-21-13-11-19(17-22(21)29-4-2)12-14-23(26)25-20(24(27)28)16-18-9-7-6-8-10-18/h6-14,17,20H,3-5,15-16H2,1-2H3,(H,25,26)(H,27,28)/b14-12+/t20-/m1/s1. The Hall–Kier alpha value is -3.28. The van der Waals surface area contributed by atoms with Gasteiger partial charge in [0.25, 0.3) is 0 Å². The maximum atomic E-state index is 12.3. The number of amides is 1. The van der Waals surface area contributed by atoms with Gasteiger partial charge in [0.15, 0.2) is 11.5 Å². The molecule has 0 aliphatic heterocycles. The minimum Gasteiger partial charge on any atom is -0.490 e. The summed E-state index contributed by atoms with van der Waals surface area (Å²) >= 11 is 0. The van der Waals surface area contributed by atoms with Crippen LogP contribution in [0.3, 0.4) is 0 Å². The summed E-state index contributed by atoms with van der Waals surface area (Å²) < 4.78 is 11.4. The molecule has 0 radical (unpaired) electrons. The van der Waals surface area contributed by atoms with Gasteiger partial charge in [-0.2, -0.15) is 0 Å². The number of hydrogen-bond acceptors (Lipinski definition) is 4. The molecule has 0 saturated heterocycles. The van der Waals surface area contributed by atoms with E-state index in [2.05, 4.69) is 12.2 Å². The van der Waals surface area contributed by atoms with E-state index in [9.17, 15) is 14.7 Å². The Bertz CT molecular complexity index is 848. The predicted molar refractivity (Wildman–Crippen MR) is 117 cm³/mol. The molecule has 6 nitrogen and oxygen atoms in total. The average molecular weight is 411 g/mol. The zero-order valence-electron chi connectivity index (χ0n) is 17.5. The third-order valence-corrected chi connectivity index (χ3v) is 4.35. The van der Waals surface area contributed by atoms with Crippen LogP contribution in [0.2, 0.25) is 0 Å². The molecule has 0 aliphatic carbocycles. The van der Waals surface area contributed by atoms with E-state index in [4.69, 9.17) is 9.47 Å². The van der Waals surface area contributed by atoms with Gasteiger partial charge in [0.05, 0.1) is 13.2 Å². The van der Waals surface area contributed by atoms with Crippen LogP contribution in [0.5, 0.6) is 11.5 Å². The number of carbonyl (C=O) groups is 2. The molecule has 2 rings (SSSR count). The van der Waals surface area contributed by atoms with Crippen LogP contribution in [0, 0.1) is 0 Å². The maximum Gasteiger partial charge on any atom is 0.326 e. The molecule has 0 spiro atoms. The Kier molecular flexibility index (Phi) is 9.45. The molecule has 1 amide bonds. The van der Waals surface area contributed by atoms with Gasteiger partial charge < -0.3 is 19.9 Å². The van der Waals surface area contributed by atoms with Gasteiger partial charge in [0, 0.05) is 12.5 Å². The van der Waals surface area contributed by atoms with Crippen molar-refractivity contribution in [3.8, 4) is 11.5 Å². The fourth-order valence-corrected chi connectivity index (χ4v) is 2.78. The van der Waals surface area contributed by atoms with Gasteiger partial charge in [-0.05, 0) is 42.7 Å². The molecule has 1 atom stereocenters. The summed E-state index contributed by atoms with van der Waals surface area (Å²) in [5.41, 5.74) is 1.60. The second-order valence-corrected chi connectivity index (χ2v) is 6.76. The summed E-state index contributed by atoms with van der Waals surface area (Å²) in [6, 6.07) is 13.6. The normalized spacial score (nSPS) is 11.8. The lowest BCUT2D eigenvalue weighted by atomic mass is 10.1. The first-order valence-corrected chi connectivity index (χ1v) is 10.2. The largest absolute Gasteiger partial charge is 0.490 e. The number of rotatable bonds is 12. The molecule has 6 heteroatoms. The highest BCUT2D eigenvalue weighted by atomic mass is 16.5. The Morgan fingerprint density at radius 3 is 2.50 bits per heavy atom. The van der Waals surface area contributed by atoms with Gasteiger partial charge >= 0.3 is 5.97 Å². The zero-order valence-corrected chi connectivity index (χ0v) is 17.5. The third-order valence-electron chi connectivity index (χ3n) is 4.35. The van der Waals surface area contributed by atoms with Crippen LogP contribution in [-0.4, -0.2) is 36.2 Å². The summed E-state index contributed by atoms with van der Waals surface area (Å²) in [5.74, 6) is -0.267. The van der Waals surface area contributed by atoms with Crippen LogP contribution in [0.1, 0.15) is 37.8 Å². The lowest BCUT2D eigenvalue weighted by Crippen LogP contribution is -2.41. The van der Waals surface area contributed by atoms with Gasteiger partial charge in [-0.25, -0.2) is 4.79 Å². The minimum atomic E-state index is -1.08. The second kappa shape index (κ2) is 12.3. The lowest BCUT2D eigenvalue weighted by Gasteiger charge is -2.13. The van der Waals surface area contributed by atoms with Crippen LogP contribution in [0.25, 0.3) is 6.08 Å².